The van der Waals surface area contributed by atoms with Crippen LogP contribution in [0.25, 0.3) is 0 Å². The molecule has 43 heavy (non-hydrogen) atoms. The zero-order chi connectivity index (χ0) is 30.0. The normalized spacial score (nSPS) is 33.5. The van der Waals surface area contributed by atoms with Gasteiger partial charge in [-0.15, -0.1) is 0 Å². The van der Waals surface area contributed by atoms with Crippen LogP contribution in [0, 0.1) is 29.5 Å². The van der Waals surface area contributed by atoms with Gasteiger partial charge in [-0.2, -0.15) is 0 Å². The average Bonchev–Trinajstić information content (AvgIpc) is 3.74. The highest BCUT2D eigenvalue weighted by atomic mass is 35.5. The third-order valence-electron chi connectivity index (χ3n) is 9.94. The number of hydrogen-bond acceptors (Lipinski definition) is 6. The van der Waals surface area contributed by atoms with Crippen LogP contribution in [0.4, 0.5) is 10.1 Å². The smallest absolute Gasteiger partial charge is 0.246 e. The second-order valence-corrected chi connectivity index (χ2v) is 12.8. The zero-order valence-electron chi connectivity index (χ0n) is 23.8. The molecule has 9 nitrogen and oxygen atoms in total. The minimum absolute atomic E-state index is 0.0286. The van der Waals surface area contributed by atoms with Crippen LogP contribution in [0.3, 0.4) is 0 Å². The minimum atomic E-state index is -1.31. The van der Waals surface area contributed by atoms with E-state index in [4.69, 9.17) is 25.8 Å². The van der Waals surface area contributed by atoms with Gasteiger partial charge in [0.1, 0.15) is 17.5 Å². The molecule has 11 heteroatoms. The lowest BCUT2D eigenvalue weighted by atomic mass is 9.73. The molecule has 1 spiro atoms. The SMILES string of the molecule is CC1CCCC(NC(=O)C2N(Cc3ccc4c(c3)OCO4)C(=O)C3C(C(=O)Nc4ccc(F)c(Cl)c4)C4C=CC32O4)C1C. The van der Waals surface area contributed by atoms with Gasteiger partial charge >= 0.3 is 0 Å². The van der Waals surface area contributed by atoms with E-state index in [1.807, 2.05) is 6.07 Å². The molecule has 3 amide bonds. The Labute approximate surface area is 253 Å². The third kappa shape index (κ3) is 4.57. The van der Waals surface area contributed by atoms with Crippen LogP contribution >= 0.6 is 11.6 Å². The largest absolute Gasteiger partial charge is 0.454 e. The van der Waals surface area contributed by atoms with Gasteiger partial charge in [0.15, 0.2) is 11.5 Å². The van der Waals surface area contributed by atoms with Gasteiger partial charge in [-0.1, -0.05) is 56.5 Å². The molecule has 0 radical (unpaired) electrons. The number of likely N-dealkylation sites (tertiary alicyclic amines) is 1. The van der Waals surface area contributed by atoms with Gasteiger partial charge in [0.25, 0.3) is 0 Å². The summed E-state index contributed by atoms with van der Waals surface area (Å²) in [4.78, 5) is 43.8. The van der Waals surface area contributed by atoms with E-state index >= 15 is 0 Å². The molecule has 7 rings (SSSR count). The van der Waals surface area contributed by atoms with Gasteiger partial charge in [-0.3, -0.25) is 14.4 Å². The molecule has 5 aliphatic rings. The maximum Gasteiger partial charge on any atom is 0.246 e. The number of carbonyl (C=O) groups is 3. The molecule has 2 aromatic rings. The lowest BCUT2D eigenvalue weighted by Gasteiger charge is -2.38. The fraction of sp³-hybridized carbons (Fsp3) is 0.469. The van der Waals surface area contributed by atoms with Crippen molar-refractivity contribution in [2.75, 3.05) is 12.1 Å². The van der Waals surface area contributed by atoms with E-state index in [1.165, 1.54) is 17.0 Å². The van der Waals surface area contributed by atoms with Gasteiger partial charge < -0.3 is 29.7 Å². The lowest BCUT2D eigenvalue weighted by Crippen LogP contribution is -2.57. The summed E-state index contributed by atoms with van der Waals surface area (Å²) in [5.74, 6) is -1.59. The molecule has 226 valence electrons. The summed E-state index contributed by atoms with van der Waals surface area (Å²) >= 11 is 5.93. The number of carbonyl (C=O) groups excluding carboxylic acids is 3. The van der Waals surface area contributed by atoms with Crippen LogP contribution in [0.2, 0.25) is 5.02 Å². The van der Waals surface area contributed by atoms with E-state index in [0.717, 1.165) is 30.9 Å². The number of amides is 3. The Morgan fingerprint density at radius 3 is 2.72 bits per heavy atom. The van der Waals surface area contributed by atoms with Crippen molar-refractivity contribution in [3.05, 3.63) is 65.0 Å². The van der Waals surface area contributed by atoms with Crippen LogP contribution < -0.4 is 20.1 Å². The summed E-state index contributed by atoms with van der Waals surface area (Å²) in [7, 11) is 0. The first-order valence-corrected chi connectivity index (χ1v) is 15.2. The molecule has 2 aromatic carbocycles. The molecule has 0 aromatic heterocycles. The highest BCUT2D eigenvalue weighted by Crippen LogP contribution is 2.55. The third-order valence-corrected chi connectivity index (χ3v) is 10.2. The Kier molecular flexibility index (Phi) is 6.89. The van der Waals surface area contributed by atoms with Crippen molar-refractivity contribution in [2.24, 2.45) is 23.7 Å². The minimum Gasteiger partial charge on any atom is -0.454 e. The highest BCUT2D eigenvalue weighted by molar-refractivity contribution is 6.31. The quantitative estimate of drug-likeness (QED) is 0.469. The van der Waals surface area contributed by atoms with Crippen molar-refractivity contribution in [3.8, 4) is 11.5 Å². The second-order valence-electron chi connectivity index (χ2n) is 12.4. The van der Waals surface area contributed by atoms with Gasteiger partial charge in [-0.05, 0) is 54.2 Å². The van der Waals surface area contributed by atoms with E-state index in [1.54, 1.807) is 24.3 Å². The molecule has 2 saturated heterocycles. The van der Waals surface area contributed by atoms with Crippen molar-refractivity contribution in [2.45, 2.75) is 63.4 Å². The van der Waals surface area contributed by atoms with Gasteiger partial charge in [0.2, 0.25) is 24.5 Å². The zero-order valence-corrected chi connectivity index (χ0v) is 24.6. The molecule has 1 aliphatic carbocycles. The first-order chi connectivity index (χ1) is 20.7. The molecule has 3 fully saturated rings. The number of anilines is 1. The number of hydrogen-bond donors (Lipinski definition) is 2. The Hall–Kier alpha value is -3.63. The van der Waals surface area contributed by atoms with E-state index < -0.39 is 41.3 Å². The Morgan fingerprint density at radius 1 is 1.09 bits per heavy atom. The summed E-state index contributed by atoms with van der Waals surface area (Å²) in [6.07, 6.45) is 5.85. The molecular formula is C32H33ClFN3O6. The van der Waals surface area contributed by atoms with Crippen LogP contribution in [-0.2, 0) is 25.7 Å². The molecule has 8 unspecified atom stereocenters. The Bertz CT molecular complexity index is 1530. The first-order valence-electron chi connectivity index (χ1n) is 14.8. The number of halogens is 2. The van der Waals surface area contributed by atoms with Crippen LogP contribution in [0.5, 0.6) is 11.5 Å². The average molecular weight is 610 g/mol. The van der Waals surface area contributed by atoms with Crippen molar-refractivity contribution in [1.82, 2.24) is 10.2 Å². The topological polar surface area (TPSA) is 106 Å². The maximum absolute atomic E-state index is 14.3. The first kappa shape index (κ1) is 28.2. The molecule has 2 N–H and O–H groups in total. The molecule has 4 aliphatic heterocycles. The van der Waals surface area contributed by atoms with Crippen molar-refractivity contribution < 1.29 is 33.0 Å². The van der Waals surface area contributed by atoms with E-state index in [2.05, 4.69) is 24.5 Å². The van der Waals surface area contributed by atoms with Gasteiger partial charge in [0, 0.05) is 18.3 Å². The summed E-state index contributed by atoms with van der Waals surface area (Å²) in [5, 5.41) is 5.91. The van der Waals surface area contributed by atoms with Gasteiger partial charge in [-0.25, -0.2) is 4.39 Å². The fourth-order valence-electron chi connectivity index (χ4n) is 7.52. The molecule has 1 saturated carbocycles. The number of nitrogens with one attached hydrogen (secondary N) is 2. The molecule has 8 atom stereocenters. The van der Waals surface area contributed by atoms with Crippen molar-refractivity contribution in [1.29, 1.82) is 0 Å². The number of rotatable bonds is 6. The number of fused-ring (bicyclic) bond motifs is 2. The molecule has 2 bridgehead atoms. The summed E-state index contributed by atoms with van der Waals surface area (Å²) in [5.41, 5.74) is -0.254. The molecule has 4 heterocycles. The number of nitrogens with zero attached hydrogens (tertiary/aromatic N) is 1. The van der Waals surface area contributed by atoms with Gasteiger partial charge in [0.05, 0.1) is 23.0 Å². The Balaban J connectivity index is 1.21. The van der Waals surface area contributed by atoms with E-state index in [-0.39, 0.29) is 42.1 Å². The second kappa shape index (κ2) is 10.5. The predicted molar refractivity (Wildman–Crippen MR) is 155 cm³/mol. The van der Waals surface area contributed by atoms with Crippen molar-refractivity contribution >= 4 is 35.0 Å². The molecular weight excluding hydrogens is 577 g/mol. The highest BCUT2D eigenvalue weighted by Gasteiger charge is 2.72. The maximum atomic E-state index is 14.3. The van der Waals surface area contributed by atoms with Crippen LogP contribution in [0.15, 0.2) is 48.6 Å². The number of benzene rings is 2. The summed E-state index contributed by atoms with van der Waals surface area (Å²) in [6.45, 7) is 4.59. The fourth-order valence-corrected chi connectivity index (χ4v) is 7.70. The predicted octanol–water partition coefficient (Wildman–Crippen LogP) is 4.44. The number of ether oxygens (including phenoxy) is 3. The lowest BCUT2D eigenvalue weighted by molar-refractivity contribution is -0.142. The van der Waals surface area contributed by atoms with E-state index in [0.29, 0.717) is 23.1 Å². The van der Waals surface area contributed by atoms with Crippen molar-refractivity contribution in [3.63, 3.8) is 0 Å². The van der Waals surface area contributed by atoms with Crippen LogP contribution in [0.1, 0.15) is 38.7 Å². The standard InChI is InChI=1S/C32H33ClFN3O6/c1-16-4-3-5-22(17(16)2)36-30(39)28-32-11-10-24(43-32)26(29(38)35-19-7-8-21(34)20(33)13-19)27(32)31(40)37(28)14-18-6-9-23-25(12-18)42-15-41-23/h6-13,16-17,22,24,26-28H,3-5,14-15H2,1-2H3,(H,35,38)(H,36,39). The summed E-state index contributed by atoms with van der Waals surface area (Å²) in [6, 6.07) is 8.30. The van der Waals surface area contributed by atoms with E-state index in [9.17, 15) is 18.8 Å². The van der Waals surface area contributed by atoms with Crippen LogP contribution in [-0.4, -0.2) is 53.2 Å². The summed E-state index contributed by atoms with van der Waals surface area (Å²) < 4.78 is 31.2. The monoisotopic (exact) mass is 609 g/mol. The Morgan fingerprint density at radius 2 is 1.91 bits per heavy atom.